The van der Waals surface area contributed by atoms with Gasteiger partial charge in [-0.3, -0.25) is 9.36 Å². The fourth-order valence-electron chi connectivity index (χ4n) is 4.54. The Morgan fingerprint density at radius 1 is 1.18 bits per heavy atom. The molecular formula is C29H40F2N4O3Si. The third-order valence-corrected chi connectivity index (χ3v) is 12.5. The number of benzene rings is 2. The van der Waals surface area contributed by atoms with E-state index in [1.165, 1.54) is 12.1 Å². The van der Waals surface area contributed by atoms with Crippen molar-refractivity contribution in [3.8, 4) is 0 Å². The van der Waals surface area contributed by atoms with Crippen LogP contribution in [0.5, 0.6) is 0 Å². The van der Waals surface area contributed by atoms with Crippen LogP contribution in [-0.4, -0.2) is 44.2 Å². The molecule has 1 aliphatic rings. The highest BCUT2D eigenvalue weighted by atomic mass is 28.4. The van der Waals surface area contributed by atoms with E-state index in [1.54, 1.807) is 11.6 Å². The van der Waals surface area contributed by atoms with Crippen LogP contribution in [0, 0.1) is 18.6 Å². The van der Waals surface area contributed by atoms with Gasteiger partial charge in [-0.15, -0.1) is 0 Å². The van der Waals surface area contributed by atoms with Gasteiger partial charge in [-0.25, -0.2) is 13.8 Å². The number of hydrogen-bond acceptors (Lipinski definition) is 6. The van der Waals surface area contributed by atoms with Gasteiger partial charge >= 0.3 is 0 Å². The summed E-state index contributed by atoms with van der Waals surface area (Å²) in [5, 5.41) is 3.62. The van der Waals surface area contributed by atoms with Gasteiger partial charge in [0.1, 0.15) is 5.82 Å². The second kappa shape index (κ2) is 11.0. The molecule has 0 amide bonds. The molecule has 2 heterocycles. The van der Waals surface area contributed by atoms with Gasteiger partial charge in [0.05, 0.1) is 42.5 Å². The Hall–Kier alpha value is -2.82. The zero-order valence-corrected chi connectivity index (χ0v) is 25.2. The van der Waals surface area contributed by atoms with Crippen molar-refractivity contribution >= 4 is 30.9 Å². The number of aryl methyl sites for hydroxylation is 1. The minimum atomic E-state index is -2.21. The number of morpholine rings is 1. The number of halogens is 2. The van der Waals surface area contributed by atoms with Crippen molar-refractivity contribution in [1.82, 2.24) is 9.55 Å². The summed E-state index contributed by atoms with van der Waals surface area (Å²) in [5.74, 6) is -0.729. The Labute approximate surface area is 230 Å². The number of aromatic nitrogens is 2. The predicted molar refractivity (Wildman–Crippen MR) is 155 cm³/mol. The molecule has 1 saturated heterocycles. The lowest BCUT2D eigenvalue weighted by molar-refractivity contribution is 0.121. The third-order valence-electron chi connectivity index (χ3n) is 8.03. The Bertz CT molecular complexity index is 1430. The largest absolute Gasteiger partial charge is 0.412 e. The molecule has 3 aromatic rings. The molecule has 0 unspecified atom stereocenters. The van der Waals surface area contributed by atoms with E-state index < -0.39 is 26.0 Å². The van der Waals surface area contributed by atoms with E-state index in [4.69, 9.17) is 14.1 Å². The second-order valence-corrected chi connectivity index (χ2v) is 16.7. The van der Waals surface area contributed by atoms with E-state index in [9.17, 15) is 9.18 Å². The second-order valence-electron chi connectivity index (χ2n) is 11.9. The maximum Gasteiger partial charge on any atom is 0.262 e. The van der Waals surface area contributed by atoms with Crippen molar-refractivity contribution in [3.63, 3.8) is 0 Å². The molecule has 10 heteroatoms. The molecular weight excluding hydrogens is 518 g/mol. The zero-order chi connectivity index (χ0) is 28.7. The lowest BCUT2D eigenvalue weighted by Crippen LogP contribution is -2.40. The third kappa shape index (κ3) is 5.88. The van der Waals surface area contributed by atoms with Crippen LogP contribution in [-0.2, 0) is 22.8 Å². The highest BCUT2D eigenvalue weighted by Gasteiger charge is 2.37. The molecule has 212 valence electrons. The summed E-state index contributed by atoms with van der Waals surface area (Å²) in [4.78, 5) is 20.3. The maximum atomic E-state index is 15.6. The van der Waals surface area contributed by atoms with Gasteiger partial charge < -0.3 is 19.4 Å². The lowest BCUT2D eigenvalue weighted by atomic mass is 10.0. The van der Waals surface area contributed by atoms with Crippen LogP contribution in [0.2, 0.25) is 18.1 Å². The highest BCUT2D eigenvalue weighted by molar-refractivity contribution is 6.74. The van der Waals surface area contributed by atoms with E-state index in [2.05, 4.69) is 39.2 Å². The van der Waals surface area contributed by atoms with Gasteiger partial charge in [0, 0.05) is 31.3 Å². The van der Waals surface area contributed by atoms with Crippen molar-refractivity contribution < 1.29 is 17.9 Å². The SMILES string of the molecule is Cc1cc([C@@H](C)Nc2ccc(F)c(CO[Si](C)(C)C(C)(C)C)c2F)c2nc(N3CCOCC3)n(C)c(=O)c2c1. The smallest absolute Gasteiger partial charge is 0.262 e. The molecule has 39 heavy (non-hydrogen) atoms. The number of ether oxygens (including phenoxy) is 1. The molecule has 1 N–H and O–H groups in total. The van der Waals surface area contributed by atoms with Crippen LogP contribution in [0.4, 0.5) is 20.4 Å². The van der Waals surface area contributed by atoms with Crippen LogP contribution in [0.25, 0.3) is 10.9 Å². The van der Waals surface area contributed by atoms with Crippen LogP contribution < -0.4 is 15.8 Å². The number of hydrogen-bond donors (Lipinski definition) is 1. The molecule has 1 atom stereocenters. The molecule has 2 aromatic carbocycles. The molecule has 0 saturated carbocycles. The Balaban J connectivity index is 1.70. The Morgan fingerprint density at radius 3 is 2.49 bits per heavy atom. The average molecular weight is 559 g/mol. The molecule has 0 bridgehead atoms. The number of rotatable bonds is 7. The quantitative estimate of drug-likeness (QED) is 0.356. The predicted octanol–water partition coefficient (Wildman–Crippen LogP) is 6.05. The van der Waals surface area contributed by atoms with E-state index in [1.807, 2.05) is 30.9 Å². The van der Waals surface area contributed by atoms with Crippen molar-refractivity contribution in [2.45, 2.75) is 65.4 Å². The summed E-state index contributed by atoms with van der Waals surface area (Å²) in [5.41, 5.74) is 2.16. The van der Waals surface area contributed by atoms with Gasteiger partial charge in [0.15, 0.2) is 14.1 Å². The van der Waals surface area contributed by atoms with E-state index in [0.29, 0.717) is 43.2 Å². The van der Waals surface area contributed by atoms with Crippen LogP contribution >= 0.6 is 0 Å². The molecule has 1 aromatic heterocycles. The molecule has 0 aliphatic carbocycles. The van der Waals surface area contributed by atoms with Crippen LogP contribution in [0.15, 0.2) is 29.1 Å². The van der Waals surface area contributed by atoms with Gasteiger partial charge in [-0.2, -0.15) is 0 Å². The lowest BCUT2D eigenvalue weighted by Gasteiger charge is -2.36. The zero-order valence-electron chi connectivity index (χ0n) is 24.2. The normalized spacial score (nSPS) is 15.6. The number of anilines is 2. The molecule has 1 fully saturated rings. The molecule has 1 aliphatic heterocycles. The standard InChI is InChI=1S/C29H40F2N4O3Si/c1-18-15-20(26-21(16-18)27(36)34(6)28(33-26)35-11-13-37-14-12-35)19(2)32-24-10-9-23(30)22(25(24)31)17-38-39(7,8)29(3,4)5/h9-10,15-16,19,32H,11-14,17H2,1-8H3/t19-/m1/s1. The van der Waals surface area contributed by atoms with Gasteiger partial charge in [-0.1, -0.05) is 26.8 Å². The summed E-state index contributed by atoms with van der Waals surface area (Å²) >= 11 is 0. The first-order valence-corrected chi connectivity index (χ1v) is 16.3. The van der Waals surface area contributed by atoms with Gasteiger partial charge in [0.2, 0.25) is 5.95 Å². The van der Waals surface area contributed by atoms with Crippen LogP contribution in [0.3, 0.4) is 0 Å². The minimum absolute atomic E-state index is 0.0827. The molecule has 0 radical (unpaired) electrons. The topological polar surface area (TPSA) is 68.6 Å². The number of fused-ring (bicyclic) bond motifs is 1. The summed E-state index contributed by atoms with van der Waals surface area (Å²) in [6, 6.07) is 6.04. The molecule has 0 spiro atoms. The summed E-state index contributed by atoms with van der Waals surface area (Å²) < 4.78 is 43.5. The first-order chi connectivity index (χ1) is 18.2. The Morgan fingerprint density at radius 2 is 1.85 bits per heavy atom. The number of nitrogens with zero attached hydrogens (tertiary/aromatic N) is 3. The first kappa shape index (κ1) is 29.2. The summed E-state index contributed by atoms with van der Waals surface area (Å²) in [7, 11) is -0.481. The fourth-order valence-corrected chi connectivity index (χ4v) is 5.48. The van der Waals surface area contributed by atoms with E-state index in [-0.39, 0.29) is 28.5 Å². The van der Waals surface area contributed by atoms with E-state index in [0.717, 1.165) is 11.1 Å². The van der Waals surface area contributed by atoms with Crippen LogP contribution in [0.1, 0.15) is 50.4 Å². The van der Waals surface area contributed by atoms with Crippen molar-refractivity contribution in [3.05, 3.63) is 62.9 Å². The van der Waals surface area contributed by atoms with Crippen molar-refractivity contribution in [2.75, 3.05) is 36.5 Å². The average Bonchev–Trinajstić information content (AvgIpc) is 2.87. The first-order valence-electron chi connectivity index (χ1n) is 13.4. The highest BCUT2D eigenvalue weighted by Crippen LogP contribution is 2.38. The Kier molecular flexibility index (Phi) is 8.21. The summed E-state index contributed by atoms with van der Waals surface area (Å²) in [6.07, 6.45) is 0. The molecule has 7 nitrogen and oxygen atoms in total. The van der Waals surface area contributed by atoms with Crippen molar-refractivity contribution in [2.24, 2.45) is 7.05 Å². The monoisotopic (exact) mass is 558 g/mol. The maximum absolute atomic E-state index is 15.6. The van der Waals surface area contributed by atoms with Gasteiger partial charge in [0.25, 0.3) is 5.56 Å². The minimum Gasteiger partial charge on any atom is -0.412 e. The van der Waals surface area contributed by atoms with Crippen molar-refractivity contribution in [1.29, 1.82) is 0 Å². The summed E-state index contributed by atoms with van der Waals surface area (Å²) in [6.45, 7) is 16.5. The molecule has 4 rings (SSSR count). The van der Waals surface area contributed by atoms with E-state index >= 15 is 4.39 Å². The number of nitrogens with one attached hydrogen (secondary N) is 1. The van der Waals surface area contributed by atoms with Gasteiger partial charge in [-0.05, 0) is 55.7 Å². The fraction of sp³-hybridized carbons (Fsp3) is 0.517.